The van der Waals surface area contributed by atoms with Crippen LogP contribution in [0.2, 0.25) is 0 Å². The lowest BCUT2D eigenvalue weighted by Crippen LogP contribution is -2.57. The van der Waals surface area contributed by atoms with Crippen molar-refractivity contribution in [2.24, 2.45) is 15.0 Å². The summed E-state index contributed by atoms with van der Waals surface area (Å²) in [5.74, 6) is 0.708. The maximum atomic E-state index is 11.7. The third kappa shape index (κ3) is 1.97. The standard InChI is InChI=1S/C11H10N6O/c18-10-8-9(15-6-14-8)16-11(17-10)13-5-7-1-3-12-4-2-7/h1-4,6,8H,5H2,(H2,13,14,15,16,17,18). The zero-order chi connectivity index (χ0) is 12.4. The summed E-state index contributed by atoms with van der Waals surface area (Å²) < 4.78 is 0. The molecule has 0 aliphatic carbocycles. The zero-order valence-electron chi connectivity index (χ0n) is 9.37. The third-order valence-corrected chi connectivity index (χ3v) is 2.58. The first-order valence-corrected chi connectivity index (χ1v) is 5.43. The van der Waals surface area contributed by atoms with Gasteiger partial charge in [-0.25, -0.2) is 9.98 Å². The molecule has 1 saturated heterocycles. The van der Waals surface area contributed by atoms with Gasteiger partial charge >= 0.3 is 0 Å². The maximum absolute atomic E-state index is 11.7. The zero-order valence-corrected chi connectivity index (χ0v) is 9.37. The molecule has 90 valence electrons. The van der Waals surface area contributed by atoms with E-state index in [4.69, 9.17) is 0 Å². The van der Waals surface area contributed by atoms with Crippen LogP contribution in [0, 0.1) is 0 Å². The van der Waals surface area contributed by atoms with Gasteiger partial charge in [0.05, 0.1) is 6.54 Å². The van der Waals surface area contributed by atoms with Crippen LogP contribution >= 0.6 is 0 Å². The Bertz CT molecular complexity index is 562. The fourth-order valence-corrected chi connectivity index (χ4v) is 1.67. The average Bonchev–Trinajstić information content (AvgIpc) is 2.86. The Kier molecular flexibility index (Phi) is 2.56. The van der Waals surface area contributed by atoms with Crippen molar-refractivity contribution in [1.82, 2.24) is 15.6 Å². The molecule has 1 aromatic rings. The lowest BCUT2D eigenvalue weighted by molar-refractivity contribution is -0.119. The van der Waals surface area contributed by atoms with E-state index in [1.165, 1.54) is 6.34 Å². The molecule has 2 aliphatic rings. The Morgan fingerprint density at radius 2 is 2.11 bits per heavy atom. The summed E-state index contributed by atoms with van der Waals surface area (Å²) in [5.41, 5.74) is 1.01. The van der Waals surface area contributed by atoms with Gasteiger partial charge in [-0.1, -0.05) is 0 Å². The highest BCUT2D eigenvalue weighted by atomic mass is 16.2. The SMILES string of the molecule is O=C1NC(=NCc2ccncc2)NC2=NC=NC12. The molecule has 1 aromatic heterocycles. The molecule has 0 bridgehead atoms. The first-order valence-electron chi connectivity index (χ1n) is 5.43. The van der Waals surface area contributed by atoms with Crippen molar-refractivity contribution < 1.29 is 4.79 Å². The number of aromatic nitrogens is 1. The van der Waals surface area contributed by atoms with Crippen LogP contribution in [-0.4, -0.2) is 35.1 Å². The van der Waals surface area contributed by atoms with E-state index in [1.807, 2.05) is 12.1 Å². The number of amides is 1. The van der Waals surface area contributed by atoms with Crippen molar-refractivity contribution in [2.45, 2.75) is 12.6 Å². The highest BCUT2D eigenvalue weighted by Crippen LogP contribution is 2.05. The number of nitrogens with one attached hydrogen (secondary N) is 2. The Balaban J connectivity index is 1.72. The Hall–Kier alpha value is -2.57. The van der Waals surface area contributed by atoms with E-state index in [1.54, 1.807) is 12.4 Å². The van der Waals surface area contributed by atoms with Gasteiger partial charge in [0, 0.05) is 12.4 Å². The van der Waals surface area contributed by atoms with E-state index in [0.29, 0.717) is 18.3 Å². The quantitative estimate of drug-likeness (QED) is 0.730. The van der Waals surface area contributed by atoms with Crippen LogP contribution in [0.3, 0.4) is 0 Å². The lowest BCUT2D eigenvalue weighted by atomic mass is 10.2. The van der Waals surface area contributed by atoms with Crippen LogP contribution in [0.15, 0.2) is 39.5 Å². The van der Waals surface area contributed by atoms with Crippen LogP contribution in [0.25, 0.3) is 0 Å². The van der Waals surface area contributed by atoms with Crippen LogP contribution < -0.4 is 10.6 Å². The molecule has 1 unspecified atom stereocenters. The molecule has 0 spiro atoms. The summed E-state index contributed by atoms with van der Waals surface area (Å²) in [6.45, 7) is 0.462. The second-order valence-electron chi connectivity index (χ2n) is 3.82. The van der Waals surface area contributed by atoms with Gasteiger partial charge in [-0.05, 0) is 17.7 Å². The molecule has 3 heterocycles. The minimum absolute atomic E-state index is 0.213. The molecule has 2 N–H and O–H groups in total. The number of amidine groups is 1. The van der Waals surface area contributed by atoms with Gasteiger partial charge in [-0.15, -0.1) is 0 Å². The monoisotopic (exact) mass is 242 g/mol. The van der Waals surface area contributed by atoms with Gasteiger partial charge in [-0.3, -0.25) is 20.1 Å². The normalized spacial score (nSPS) is 23.3. The van der Waals surface area contributed by atoms with Gasteiger partial charge in [0.1, 0.15) is 12.2 Å². The fourth-order valence-electron chi connectivity index (χ4n) is 1.67. The summed E-state index contributed by atoms with van der Waals surface area (Å²) in [5, 5.41) is 5.59. The predicted octanol–water partition coefficient (Wildman–Crippen LogP) is -0.534. The first-order chi connectivity index (χ1) is 8.83. The number of nitrogens with zero attached hydrogens (tertiary/aromatic N) is 4. The van der Waals surface area contributed by atoms with E-state index < -0.39 is 6.04 Å². The Morgan fingerprint density at radius 3 is 2.94 bits per heavy atom. The molecule has 0 saturated carbocycles. The van der Waals surface area contributed by atoms with E-state index in [0.717, 1.165) is 5.56 Å². The summed E-state index contributed by atoms with van der Waals surface area (Å²) in [6, 6.07) is 3.19. The number of hydrogen-bond acceptors (Lipinski definition) is 5. The predicted molar refractivity (Wildman–Crippen MR) is 66.4 cm³/mol. The Morgan fingerprint density at radius 1 is 1.28 bits per heavy atom. The first kappa shape index (κ1) is 10.6. The minimum Gasteiger partial charge on any atom is -0.312 e. The highest BCUT2D eigenvalue weighted by Gasteiger charge is 2.32. The molecule has 1 amide bonds. The number of carbonyl (C=O) groups excluding carboxylic acids is 1. The van der Waals surface area contributed by atoms with Crippen molar-refractivity contribution in [3.8, 4) is 0 Å². The van der Waals surface area contributed by atoms with Crippen molar-refractivity contribution in [1.29, 1.82) is 0 Å². The lowest BCUT2D eigenvalue weighted by Gasteiger charge is -2.21. The second kappa shape index (κ2) is 4.36. The van der Waals surface area contributed by atoms with Crippen LogP contribution in [0.4, 0.5) is 0 Å². The molecule has 1 atom stereocenters. The molecular formula is C11H10N6O. The Labute approximate surface area is 103 Å². The minimum atomic E-state index is -0.551. The molecule has 18 heavy (non-hydrogen) atoms. The van der Waals surface area contributed by atoms with Gasteiger partial charge < -0.3 is 5.32 Å². The van der Waals surface area contributed by atoms with E-state index >= 15 is 0 Å². The number of pyridine rings is 1. The van der Waals surface area contributed by atoms with Gasteiger partial charge in [-0.2, -0.15) is 0 Å². The second-order valence-corrected chi connectivity index (χ2v) is 3.82. The molecular weight excluding hydrogens is 232 g/mol. The fraction of sp³-hybridized carbons (Fsp3) is 0.182. The van der Waals surface area contributed by atoms with Gasteiger partial charge in [0.25, 0.3) is 5.91 Å². The highest BCUT2D eigenvalue weighted by molar-refractivity contribution is 6.24. The number of guanidine groups is 1. The van der Waals surface area contributed by atoms with Crippen molar-refractivity contribution >= 4 is 24.0 Å². The summed E-state index contributed by atoms with van der Waals surface area (Å²) in [7, 11) is 0. The van der Waals surface area contributed by atoms with Crippen molar-refractivity contribution in [3.05, 3.63) is 30.1 Å². The van der Waals surface area contributed by atoms with Crippen LogP contribution in [0.1, 0.15) is 5.56 Å². The number of rotatable bonds is 2. The van der Waals surface area contributed by atoms with Crippen molar-refractivity contribution in [3.63, 3.8) is 0 Å². The number of carbonyl (C=O) groups is 1. The maximum Gasteiger partial charge on any atom is 0.259 e. The van der Waals surface area contributed by atoms with Crippen molar-refractivity contribution in [2.75, 3.05) is 0 Å². The number of fused-ring (bicyclic) bond motifs is 1. The summed E-state index contributed by atoms with van der Waals surface area (Å²) in [4.78, 5) is 27.8. The van der Waals surface area contributed by atoms with Gasteiger partial charge in [0.15, 0.2) is 6.04 Å². The van der Waals surface area contributed by atoms with Crippen LogP contribution in [0.5, 0.6) is 0 Å². The number of hydrogen-bond donors (Lipinski definition) is 2. The average molecular weight is 242 g/mol. The van der Waals surface area contributed by atoms with Crippen LogP contribution in [-0.2, 0) is 11.3 Å². The molecule has 1 fully saturated rings. The molecule has 2 aliphatic heterocycles. The molecule has 0 radical (unpaired) electrons. The molecule has 0 aromatic carbocycles. The van der Waals surface area contributed by atoms with Gasteiger partial charge in [0.2, 0.25) is 5.96 Å². The summed E-state index contributed by atoms with van der Waals surface area (Å²) in [6.07, 6.45) is 4.78. The smallest absolute Gasteiger partial charge is 0.259 e. The largest absolute Gasteiger partial charge is 0.312 e. The molecule has 7 nitrogen and oxygen atoms in total. The molecule has 7 heteroatoms. The molecule has 3 rings (SSSR count). The van der Waals surface area contributed by atoms with E-state index in [9.17, 15) is 4.79 Å². The third-order valence-electron chi connectivity index (χ3n) is 2.58. The number of aliphatic imine (C=N–C) groups is 3. The van der Waals surface area contributed by atoms with E-state index in [-0.39, 0.29) is 5.91 Å². The topological polar surface area (TPSA) is 91.1 Å². The van der Waals surface area contributed by atoms with E-state index in [2.05, 4.69) is 30.6 Å². The summed E-state index contributed by atoms with van der Waals surface area (Å²) >= 11 is 0.